The predicted molar refractivity (Wildman–Crippen MR) is 82.0 cm³/mol. The van der Waals surface area contributed by atoms with Crippen molar-refractivity contribution in [3.8, 4) is 0 Å². The molecule has 0 atom stereocenters. The maximum Gasteiger partial charge on any atom is 0.338 e. The molecule has 4 heteroatoms. The molecule has 0 heterocycles. The summed E-state index contributed by atoms with van der Waals surface area (Å²) in [6.45, 7) is 2.97. The molecule has 0 saturated carbocycles. The topological polar surface area (TPSA) is 61.5 Å². The largest absolute Gasteiger partial charge is 0.460 e. The highest BCUT2D eigenvalue weighted by atomic mass is 16.6. The van der Waals surface area contributed by atoms with Crippen LogP contribution in [0, 0.1) is 6.92 Å². The number of hydrogen-bond donors (Lipinski definition) is 1. The van der Waals surface area contributed by atoms with Crippen LogP contribution < -0.4 is 5.73 Å². The number of carbonyl (C=O) groups excluding carboxylic acids is 1. The van der Waals surface area contributed by atoms with Gasteiger partial charge in [-0.15, -0.1) is 0 Å². The van der Waals surface area contributed by atoms with Gasteiger partial charge in [0.05, 0.1) is 18.8 Å². The van der Waals surface area contributed by atoms with E-state index < -0.39 is 0 Å². The summed E-state index contributed by atoms with van der Waals surface area (Å²) in [7, 11) is 0. The Bertz CT molecular complexity index is 596. The van der Waals surface area contributed by atoms with Crippen molar-refractivity contribution in [2.45, 2.75) is 13.5 Å². The van der Waals surface area contributed by atoms with Crippen LogP contribution in [-0.4, -0.2) is 19.2 Å². The first kappa shape index (κ1) is 15.1. The molecule has 0 amide bonds. The molecule has 0 aromatic heterocycles. The smallest absolute Gasteiger partial charge is 0.338 e. The number of nitrogen functional groups attached to an aromatic ring is 1. The molecule has 110 valence electrons. The molecule has 4 nitrogen and oxygen atoms in total. The number of hydrogen-bond acceptors (Lipinski definition) is 4. The summed E-state index contributed by atoms with van der Waals surface area (Å²) in [5.74, 6) is -0.360. The van der Waals surface area contributed by atoms with Crippen LogP contribution >= 0.6 is 0 Å². The molecule has 0 radical (unpaired) electrons. The first-order chi connectivity index (χ1) is 10.2. The molecular weight excluding hydrogens is 266 g/mol. The Labute approximate surface area is 124 Å². The zero-order valence-electron chi connectivity index (χ0n) is 12.0. The van der Waals surface area contributed by atoms with Gasteiger partial charge in [-0.05, 0) is 36.2 Å². The molecule has 2 aromatic carbocycles. The van der Waals surface area contributed by atoms with Gasteiger partial charge in [0.2, 0.25) is 0 Å². The van der Waals surface area contributed by atoms with Crippen molar-refractivity contribution in [1.29, 1.82) is 0 Å². The van der Waals surface area contributed by atoms with Gasteiger partial charge in [-0.2, -0.15) is 0 Å². The minimum absolute atomic E-state index is 0.231. The molecule has 0 aliphatic carbocycles. The number of carbonyl (C=O) groups is 1. The average molecular weight is 285 g/mol. The van der Waals surface area contributed by atoms with E-state index in [0.29, 0.717) is 24.5 Å². The van der Waals surface area contributed by atoms with Gasteiger partial charge in [0.1, 0.15) is 6.61 Å². The highest BCUT2D eigenvalue weighted by molar-refractivity contribution is 5.90. The van der Waals surface area contributed by atoms with Gasteiger partial charge in [0.15, 0.2) is 0 Å². The third-order valence-electron chi connectivity index (χ3n) is 3.08. The molecule has 0 unspecified atom stereocenters. The summed E-state index contributed by atoms with van der Waals surface area (Å²) >= 11 is 0. The lowest BCUT2D eigenvalue weighted by molar-refractivity contribution is 0.0288. The molecule has 0 fully saturated rings. The Morgan fingerprint density at radius 3 is 2.57 bits per heavy atom. The van der Waals surface area contributed by atoms with Crippen LogP contribution in [0.1, 0.15) is 21.5 Å². The van der Waals surface area contributed by atoms with Crippen LogP contribution in [-0.2, 0) is 16.1 Å². The van der Waals surface area contributed by atoms with Crippen LogP contribution in [0.15, 0.2) is 48.5 Å². The van der Waals surface area contributed by atoms with Crippen molar-refractivity contribution in [3.63, 3.8) is 0 Å². The minimum atomic E-state index is -0.360. The molecule has 0 spiro atoms. The van der Waals surface area contributed by atoms with Gasteiger partial charge in [0, 0.05) is 5.69 Å². The standard InChI is InChI=1S/C17H19NO3/c1-13-11-15(7-8-16(13)18)17(19)21-10-9-20-12-14-5-3-2-4-6-14/h2-8,11H,9-10,12,18H2,1H3. The van der Waals surface area contributed by atoms with Crippen LogP contribution in [0.25, 0.3) is 0 Å². The number of esters is 1. The Hall–Kier alpha value is -2.33. The fourth-order valence-electron chi connectivity index (χ4n) is 1.84. The minimum Gasteiger partial charge on any atom is -0.460 e. The number of nitrogens with two attached hydrogens (primary N) is 1. The second-order valence-corrected chi connectivity index (χ2v) is 4.75. The monoisotopic (exact) mass is 285 g/mol. The van der Waals surface area contributed by atoms with Crippen LogP contribution in [0.2, 0.25) is 0 Å². The number of aryl methyl sites for hydroxylation is 1. The van der Waals surface area contributed by atoms with Crippen molar-refractivity contribution in [1.82, 2.24) is 0 Å². The lowest BCUT2D eigenvalue weighted by Crippen LogP contribution is -2.11. The van der Waals surface area contributed by atoms with E-state index in [1.54, 1.807) is 18.2 Å². The summed E-state index contributed by atoms with van der Waals surface area (Å²) in [6.07, 6.45) is 0. The van der Waals surface area contributed by atoms with E-state index in [0.717, 1.165) is 11.1 Å². The zero-order chi connectivity index (χ0) is 15.1. The van der Waals surface area contributed by atoms with Crippen molar-refractivity contribution < 1.29 is 14.3 Å². The van der Waals surface area contributed by atoms with Gasteiger partial charge < -0.3 is 15.2 Å². The van der Waals surface area contributed by atoms with Crippen LogP contribution in [0.4, 0.5) is 5.69 Å². The summed E-state index contributed by atoms with van der Waals surface area (Å²) in [5, 5.41) is 0. The fraction of sp³-hybridized carbons (Fsp3) is 0.235. The Balaban J connectivity index is 1.71. The number of ether oxygens (including phenoxy) is 2. The maximum absolute atomic E-state index is 11.8. The van der Waals surface area contributed by atoms with Crippen LogP contribution in [0.5, 0.6) is 0 Å². The first-order valence-corrected chi connectivity index (χ1v) is 6.82. The molecule has 2 rings (SSSR count). The molecule has 0 saturated heterocycles. The summed E-state index contributed by atoms with van der Waals surface area (Å²) in [6, 6.07) is 15.0. The first-order valence-electron chi connectivity index (χ1n) is 6.82. The van der Waals surface area contributed by atoms with E-state index in [1.165, 1.54) is 0 Å². The molecular formula is C17H19NO3. The van der Waals surface area contributed by atoms with Gasteiger partial charge in [-0.3, -0.25) is 0 Å². The van der Waals surface area contributed by atoms with Gasteiger partial charge in [0.25, 0.3) is 0 Å². The third kappa shape index (κ3) is 4.61. The molecule has 21 heavy (non-hydrogen) atoms. The second kappa shape index (κ2) is 7.45. The van der Waals surface area contributed by atoms with Gasteiger partial charge in [-0.1, -0.05) is 30.3 Å². The van der Waals surface area contributed by atoms with E-state index in [2.05, 4.69) is 0 Å². The highest BCUT2D eigenvalue weighted by Gasteiger charge is 2.08. The number of anilines is 1. The molecule has 0 aliphatic heterocycles. The maximum atomic E-state index is 11.8. The average Bonchev–Trinajstić information content (AvgIpc) is 2.50. The van der Waals surface area contributed by atoms with Crippen LogP contribution in [0.3, 0.4) is 0 Å². The van der Waals surface area contributed by atoms with E-state index in [9.17, 15) is 4.79 Å². The quantitative estimate of drug-likeness (QED) is 0.503. The number of benzene rings is 2. The van der Waals surface area contributed by atoms with Crippen molar-refractivity contribution in [3.05, 3.63) is 65.2 Å². The Kier molecular flexibility index (Phi) is 5.35. The molecule has 2 N–H and O–H groups in total. The lowest BCUT2D eigenvalue weighted by atomic mass is 10.1. The summed E-state index contributed by atoms with van der Waals surface area (Å²) in [5.41, 5.74) is 8.84. The van der Waals surface area contributed by atoms with E-state index in [4.69, 9.17) is 15.2 Å². The van der Waals surface area contributed by atoms with E-state index >= 15 is 0 Å². The molecule has 2 aromatic rings. The third-order valence-corrected chi connectivity index (χ3v) is 3.08. The van der Waals surface area contributed by atoms with Crippen molar-refractivity contribution in [2.24, 2.45) is 0 Å². The lowest BCUT2D eigenvalue weighted by Gasteiger charge is -2.07. The highest BCUT2D eigenvalue weighted by Crippen LogP contribution is 2.13. The normalized spacial score (nSPS) is 10.3. The van der Waals surface area contributed by atoms with Gasteiger partial charge in [-0.25, -0.2) is 4.79 Å². The van der Waals surface area contributed by atoms with E-state index in [-0.39, 0.29) is 12.6 Å². The Morgan fingerprint density at radius 2 is 1.86 bits per heavy atom. The van der Waals surface area contributed by atoms with Crippen molar-refractivity contribution in [2.75, 3.05) is 18.9 Å². The SMILES string of the molecule is Cc1cc(C(=O)OCCOCc2ccccc2)ccc1N. The second-order valence-electron chi connectivity index (χ2n) is 4.75. The number of rotatable bonds is 6. The zero-order valence-corrected chi connectivity index (χ0v) is 12.0. The Morgan fingerprint density at radius 1 is 1.10 bits per heavy atom. The fourth-order valence-corrected chi connectivity index (χ4v) is 1.84. The molecule has 0 bridgehead atoms. The van der Waals surface area contributed by atoms with Gasteiger partial charge >= 0.3 is 5.97 Å². The predicted octanol–water partition coefficient (Wildman–Crippen LogP) is 2.95. The summed E-state index contributed by atoms with van der Waals surface area (Å²) in [4.78, 5) is 11.8. The molecule has 0 aliphatic rings. The summed E-state index contributed by atoms with van der Waals surface area (Å²) < 4.78 is 10.6. The van der Waals surface area contributed by atoms with E-state index in [1.807, 2.05) is 37.3 Å². The van der Waals surface area contributed by atoms with Crippen molar-refractivity contribution >= 4 is 11.7 Å².